The summed E-state index contributed by atoms with van der Waals surface area (Å²) < 4.78 is 5.44. The summed E-state index contributed by atoms with van der Waals surface area (Å²) in [6.45, 7) is 7.71. The molecular weight excluding hydrogens is 378 g/mol. The number of likely N-dealkylation sites (tertiary alicyclic amines) is 1. The molecule has 1 saturated carbocycles. The number of ether oxygens (including phenoxy) is 1. The molecule has 1 aromatic rings. The molecule has 0 spiro atoms. The van der Waals surface area contributed by atoms with Crippen molar-refractivity contribution >= 4 is 12.0 Å². The van der Waals surface area contributed by atoms with E-state index in [9.17, 15) is 9.59 Å². The Morgan fingerprint density at radius 2 is 1.70 bits per heavy atom. The Hall–Kier alpha value is -2.08. The number of likely N-dealkylation sites (N-methyl/N-ethyl adjacent to an activating group) is 1. The van der Waals surface area contributed by atoms with E-state index in [1.54, 1.807) is 0 Å². The normalized spacial score (nSPS) is 23.6. The van der Waals surface area contributed by atoms with Gasteiger partial charge >= 0.3 is 6.09 Å². The van der Waals surface area contributed by atoms with Gasteiger partial charge in [-0.3, -0.25) is 9.69 Å². The minimum atomic E-state index is -0.757. The van der Waals surface area contributed by atoms with E-state index in [0.717, 1.165) is 37.9 Å². The van der Waals surface area contributed by atoms with E-state index in [2.05, 4.69) is 10.2 Å². The van der Waals surface area contributed by atoms with E-state index in [0.29, 0.717) is 6.04 Å². The standard InChI is InChI=1S/C24H37N3O3/c1-24(2,3)30-23(29)25-21(18-12-6-5-7-13-18)22(28)26(4)19-14-8-9-15-20(19)27-16-10-11-17-27/h5-7,12-13,19-21H,8-11,14-17H2,1-4H3,(H,25,29)/t19-,20-,21?/m0/s1. The highest BCUT2D eigenvalue weighted by molar-refractivity contribution is 5.87. The maximum absolute atomic E-state index is 13.6. The first-order valence-corrected chi connectivity index (χ1v) is 11.3. The monoisotopic (exact) mass is 415 g/mol. The molecule has 3 rings (SSSR count). The average Bonchev–Trinajstić information content (AvgIpc) is 3.25. The molecule has 1 unspecified atom stereocenters. The maximum Gasteiger partial charge on any atom is 0.408 e. The number of benzene rings is 1. The summed E-state index contributed by atoms with van der Waals surface area (Å²) in [4.78, 5) is 30.6. The Bertz CT molecular complexity index is 710. The number of rotatable bonds is 5. The molecule has 1 aliphatic carbocycles. The fourth-order valence-electron chi connectivity index (χ4n) is 4.77. The number of alkyl carbamates (subject to hydrolysis) is 1. The fourth-order valence-corrected chi connectivity index (χ4v) is 4.77. The van der Waals surface area contributed by atoms with Crippen molar-refractivity contribution < 1.29 is 14.3 Å². The van der Waals surface area contributed by atoms with E-state index < -0.39 is 17.7 Å². The van der Waals surface area contributed by atoms with Gasteiger partial charge in [0, 0.05) is 19.1 Å². The van der Waals surface area contributed by atoms with Crippen LogP contribution in [0.3, 0.4) is 0 Å². The molecule has 6 nitrogen and oxygen atoms in total. The van der Waals surface area contributed by atoms with Crippen molar-refractivity contribution in [1.29, 1.82) is 0 Å². The molecule has 166 valence electrons. The molecule has 1 aliphatic heterocycles. The van der Waals surface area contributed by atoms with Crippen molar-refractivity contribution in [2.75, 3.05) is 20.1 Å². The quantitative estimate of drug-likeness (QED) is 0.786. The van der Waals surface area contributed by atoms with Gasteiger partial charge in [0.05, 0.1) is 0 Å². The van der Waals surface area contributed by atoms with Gasteiger partial charge in [0.15, 0.2) is 0 Å². The average molecular weight is 416 g/mol. The first-order valence-electron chi connectivity index (χ1n) is 11.3. The molecular formula is C24H37N3O3. The van der Waals surface area contributed by atoms with Crippen molar-refractivity contribution in [2.24, 2.45) is 0 Å². The zero-order valence-electron chi connectivity index (χ0n) is 18.9. The van der Waals surface area contributed by atoms with Gasteiger partial charge in [0.25, 0.3) is 0 Å². The number of carbonyl (C=O) groups is 2. The van der Waals surface area contributed by atoms with Gasteiger partial charge in [-0.2, -0.15) is 0 Å². The molecule has 2 aliphatic rings. The van der Waals surface area contributed by atoms with Crippen LogP contribution in [0.5, 0.6) is 0 Å². The van der Waals surface area contributed by atoms with E-state index in [1.807, 2.05) is 63.1 Å². The summed E-state index contributed by atoms with van der Waals surface area (Å²) in [6.07, 6.45) is 6.43. The minimum Gasteiger partial charge on any atom is -0.444 e. The van der Waals surface area contributed by atoms with Crippen LogP contribution in [0, 0.1) is 0 Å². The van der Waals surface area contributed by atoms with Crippen molar-refractivity contribution in [3.63, 3.8) is 0 Å². The lowest BCUT2D eigenvalue weighted by molar-refractivity contribution is -0.136. The molecule has 0 bridgehead atoms. The zero-order chi connectivity index (χ0) is 21.7. The molecule has 0 radical (unpaired) electrons. The van der Waals surface area contributed by atoms with E-state index in [-0.39, 0.29) is 11.9 Å². The number of amides is 2. The third-order valence-electron chi connectivity index (χ3n) is 6.19. The summed E-state index contributed by atoms with van der Waals surface area (Å²) in [7, 11) is 1.90. The number of hydrogen-bond donors (Lipinski definition) is 1. The Balaban J connectivity index is 1.79. The van der Waals surface area contributed by atoms with Gasteiger partial charge in [-0.15, -0.1) is 0 Å². The number of carbonyl (C=O) groups excluding carboxylic acids is 2. The highest BCUT2D eigenvalue weighted by atomic mass is 16.6. The van der Waals surface area contributed by atoms with Crippen molar-refractivity contribution in [2.45, 2.75) is 83.0 Å². The van der Waals surface area contributed by atoms with Crippen LogP contribution < -0.4 is 5.32 Å². The topological polar surface area (TPSA) is 61.9 Å². The Morgan fingerprint density at radius 1 is 1.07 bits per heavy atom. The smallest absolute Gasteiger partial charge is 0.408 e. The fraction of sp³-hybridized carbons (Fsp3) is 0.667. The summed E-state index contributed by atoms with van der Waals surface area (Å²) in [5.74, 6) is -0.0804. The van der Waals surface area contributed by atoms with Crippen LogP contribution in [-0.4, -0.2) is 59.6 Å². The summed E-state index contributed by atoms with van der Waals surface area (Å²) in [5.41, 5.74) is 0.151. The highest BCUT2D eigenvalue weighted by Crippen LogP contribution is 2.30. The summed E-state index contributed by atoms with van der Waals surface area (Å²) in [6, 6.07) is 9.28. The van der Waals surface area contributed by atoms with E-state index in [1.165, 1.54) is 19.3 Å². The van der Waals surface area contributed by atoms with Gasteiger partial charge in [-0.25, -0.2) is 4.79 Å². The van der Waals surface area contributed by atoms with E-state index >= 15 is 0 Å². The Labute approximate surface area is 180 Å². The van der Waals surface area contributed by atoms with Crippen LogP contribution in [0.4, 0.5) is 4.79 Å². The number of nitrogens with zero attached hydrogens (tertiary/aromatic N) is 2. The summed E-state index contributed by atoms with van der Waals surface area (Å²) >= 11 is 0. The second-order valence-corrected chi connectivity index (χ2v) is 9.60. The largest absolute Gasteiger partial charge is 0.444 e. The lowest BCUT2D eigenvalue weighted by Crippen LogP contribution is -2.55. The Kier molecular flexibility index (Phi) is 7.40. The molecule has 1 heterocycles. The van der Waals surface area contributed by atoms with Crippen molar-refractivity contribution in [3.05, 3.63) is 35.9 Å². The van der Waals surface area contributed by atoms with Crippen LogP contribution in [0.1, 0.15) is 70.9 Å². The molecule has 3 atom stereocenters. The van der Waals surface area contributed by atoms with Gasteiger partial charge in [-0.05, 0) is 65.1 Å². The van der Waals surface area contributed by atoms with Crippen LogP contribution in [-0.2, 0) is 9.53 Å². The number of nitrogens with one attached hydrogen (secondary N) is 1. The molecule has 6 heteroatoms. The molecule has 2 amide bonds. The first-order chi connectivity index (χ1) is 14.3. The van der Waals surface area contributed by atoms with Gasteiger partial charge < -0.3 is 15.0 Å². The summed E-state index contributed by atoms with van der Waals surface area (Å²) in [5, 5.41) is 2.83. The molecule has 1 aromatic carbocycles. The van der Waals surface area contributed by atoms with Gasteiger partial charge in [-0.1, -0.05) is 43.2 Å². The maximum atomic E-state index is 13.6. The lowest BCUT2D eigenvalue weighted by Gasteiger charge is -2.43. The van der Waals surface area contributed by atoms with Gasteiger partial charge in [0.2, 0.25) is 5.91 Å². The number of hydrogen-bond acceptors (Lipinski definition) is 4. The third kappa shape index (κ3) is 5.75. The van der Waals surface area contributed by atoms with Crippen molar-refractivity contribution in [3.8, 4) is 0 Å². The predicted octanol–water partition coefficient (Wildman–Crippen LogP) is 4.12. The van der Waals surface area contributed by atoms with Crippen molar-refractivity contribution in [1.82, 2.24) is 15.1 Å². The molecule has 1 saturated heterocycles. The second-order valence-electron chi connectivity index (χ2n) is 9.60. The zero-order valence-corrected chi connectivity index (χ0v) is 18.9. The van der Waals surface area contributed by atoms with E-state index in [4.69, 9.17) is 4.74 Å². The van der Waals surface area contributed by atoms with Gasteiger partial charge in [0.1, 0.15) is 11.6 Å². The van der Waals surface area contributed by atoms with Crippen LogP contribution in [0.2, 0.25) is 0 Å². The third-order valence-corrected chi connectivity index (χ3v) is 6.19. The lowest BCUT2D eigenvalue weighted by atomic mass is 9.87. The second kappa shape index (κ2) is 9.82. The molecule has 1 N–H and O–H groups in total. The van der Waals surface area contributed by atoms with Crippen LogP contribution in [0.15, 0.2) is 30.3 Å². The SMILES string of the molecule is CN(C(=O)C(NC(=O)OC(C)(C)C)c1ccccc1)[C@H]1CCCC[C@@H]1N1CCCC1. The first kappa shape index (κ1) is 22.6. The minimum absolute atomic E-state index is 0.0804. The van der Waals surface area contributed by atoms with Crippen LogP contribution in [0.25, 0.3) is 0 Å². The molecule has 30 heavy (non-hydrogen) atoms. The Morgan fingerprint density at radius 3 is 2.33 bits per heavy atom. The molecule has 0 aromatic heterocycles. The highest BCUT2D eigenvalue weighted by Gasteiger charge is 2.38. The predicted molar refractivity (Wildman–Crippen MR) is 118 cm³/mol. The molecule has 2 fully saturated rings. The van der Waals surface area contributed by atoms with Crippen LogP contribution >= 0.6 is 0 Å².